The van der Waals surface area contributed by atoms with Crippen LogP contribution in [0.2, 0.25) is 0 Å². The summed E-state index contributed by atoms with van der Waals surface area (Å²) in [6, 6.07) is 8.20. The maximum Gasteiger partial charge on any atom is 0.0724 e. The van der Waals surface area contributed by atoms with Gasteiger partial charge in [0.2, 0.25) is 0 Å². The van der Waals surface area contributed by atoms with Crippen LogP contribution in [0.4, 0.5) is 11.4 Å². The summed E-state index contributed by atoms with van der Waals surface area (Å²) in [6.45, 7) is 6.84. The van der Waals surface area contributed by atoms with Gasteiger partial charge in [-0.15, -0.1) is 0 Å². The first-order valence-corrected chi connectivity index (χ1v) is 7.03. The lowest BCUT2D eigenvalue weighted by Crippen LogP contribution is -2.39. The van der Waals surface area contributed by atoms with Crippen LogP contribution in [0.1, 0.15) is 20.3 Å². The van der Waals surface area contributed by atoms with Gasteiger partial charge >= 0.3 is 0 Å². The Bertz CT molecular complexity index is 584. The summed E-state index contributed by atoms with van der Waals surface area (Å²) in [5, 5.41) is 1.06. The van der Waals surface area contributed by atoms with Crippen LogP contribution in [-0.4, -0.2) is 18.1 Å². The molecule has 19 heavy (non-hydrogen) atoms. The number of nitrogens with two attached hydrogens (primary N) is 1. The zero-order valence-corrected chi connectivity index (χ0v) is 11.6. The normalized spacial score (nSPS) is 23.8. The third-order valence-electron chi connectivity index (χ3n) is 4.01. The number of anilines is 2. The van der Waals surface area contributed by atoms with Crippen molar-refractivity contribution in [2.45, 2.75) is 20.3 Å². The Morgan fingerprint density at radius 3 is 2.63 bits per heavy atom. The van der Waals surface area contributed by atoms with E-state index in [2.05, 4.69) is 41.9 Å². The van der Waals surface area contributed by atoms with Crippen LogP contribution in [0.3, 0.4) is 0 Å². The SMILES string of the molecule is CC1CC(C)CN(c2ccc3ncccc3c2N)C1. The fraction of sp³-hybridized carbons (Fsp3) is 0.438. The van der Waals surface area contributed by atoms with Gasteiger partial charge < -0.3 is 10.6 Å². The van der Waals surface area contributed by atoms with Gasteiger partial charge in [0.15, 0.2) is 0 Å². The molecule has 2 heterocycles. The highest BCUT2D eigenvalue weighted by atomic mass is 15.1. The monoisotopic (exact) mass is 255 g/mol. The van der Waals surface area contributed by atoms with Crippen molar-refractivity contribution in [1.82, 2.24) is 4.98 Å². The molecule has 1 aliphatic heterocycles. The van der Waals surface area contributed by atoms with E-state index in [0.717, 1.165) is 41.5 Å². The third kappa shape index (κ3) is 2.25. The van der Waals surface area contributed by atoms with Crippen LogP contribution in [0.25, 0.3) is 10.9 Å². The minimum absolute atomic E-state index is 0.729. The molecule has 0 radical (unpaired) electrons. The summed E-state index contributed by atoms with van der Waals surface area (Å²) in [5.41, 5.74) is 9.37. The number of hydrogen-bond donors (Lipinski definition) is 1. The van der Waals surface area contributed by atoms with Gasteiger partial charge in [0, 0.05) is 24.7 Å². The highest BCUT2D eigenvalue weighted by molar-refractivity contribution is 5.97. The van der Waals surface area contributed by atoms with E-state index in [1.54, 1.807) is 0 Å². The molecule has 100 valence electrons. The van der Waals surface area contributed by atoms with Crippen LogP contribution < -0.4 is 10.6 Å². The zero-order chi connectivity index (χ0) is 13.4. The second-order valence-corrected chi connectivity index (χ2v) is 5.92. The van der Waals surface area contributed by atoms with Gasteiger partial charge in [0.25, 0.3) is 0 Å². The Balaban J connectivity index is 2.03. The number of fused-ring (bicyclic) bond motifs is 1. The van der Waals surface area contributed by atoms with Gasteiger partial charge in [-0.2, -0.15) is 0 Å². The molecular weight excluding hydrogens is 234 g/mol. The number of nitrogens with zero attached hydrogens (tertiary/aromatic N) is 2. The van der Waals surface area contributed by atoms with Gasteiger partial charge in [-0.25, -0.2) is 0 Å². The second kappa shape index (κ2) is 4.72. The lowest BCUT2D eigenvalue weighted by molar-refractivity contribution is 0.357. The van der Waals surface area contributed by atoms with Crippen LogP contribution >= 0.6 is 0 Å². The first-order valence-electron chi connectivity index (χ1n) is 7.03. The molecule has 2 N–H and O–H groups in total. The number of nitrogen functional groups attached to an aromatic ring is 1. The molecule has 2 unspecified atom stereocenters. The van der Waals surface area contributed by atoms with Crippen molar-refractivity contribution >= 4 is 22.3 Å². The zero-order valence-electron chi connectivity index (χ0n) is 11.6. The number of hydrogen-bond acceptors (Lipinski definition) is 3. The third-order valence-corrected chi connectivity index (χ3v) is 4.01. The van der Waals surface area contributed by atoms with Crippen molar-refractivity contribution in [3.8, 4) is 0 Å². The molecule has 1 fully saturated rings. The molecule has 0 aliphatic carbocycles. The van der Waals surface area contributed by atoms with Crippen LogP contribution in [-0.2, 0) is 0 Å². The Kier molecular flexibility index (Phi) is 3.05. The molecule has 3 heteroatoms. The van der Waals surface area contributed by atoms with Crippen molar-refractivity contribution in [3.05, 3.63) is 30.5 Å². The molecule has 2 aromatic rings. The minimum Gasteiger partial charge on any atom is -0.396 e. The maximum atomic E-state index is 6.36. The van der Waals surface area contributed by atoms with Crippen molar-refractivity contribution in [3.63, 3.8) is 0 Å². The van der Waals surface area contributed by atoms with Gasteiger partial charge in [-0.05, 0) is 42.5 Å². The van der Waals surface area contributed by atoms with E-state index in [0.29, 0.717) is 0 Å². The fourth-order valence-electron chi connectivity index (χ4n) is 3.30. The van der Waals surface area contributed by atoms with Crippen molar-refractivity contribution in [2.24, 2.45) is 11.8 Å². The number of piperidine rings is 1. The summed E-state index contributed by atoms with van der Waals surface area (Å²) in [5.74, 6) is 1.46. The number of rotatable bonds is 1. The maximum absolute atomic E-state index is 6.36. The van der Waals surface area contributed by atoms with E-state index in [1.165, 1.54) is 12.1 Å². The molecule has 1 aliphatic rings. The quantitative estimate of drug-likeness (QED) is 0.795. The largest absolute Gasteiger partial charge is 0.396 e. The molecular formula is C16H21N3. The van der Waals surface area contributed by atoms with Gasteiger partial charge in [-0.1, -0.05) is 13.8 Å². The molecule has 1 aromatic heterocycles. The molecule has 3 nitrogen and oxygen atoms in total. The van der Waals surface area contributed by atoms with Crippen LogP contribution in [0.15, 0.2) is 30.5 Å². The predicted octanol–water partition coefficient (Wildman–Crippen LogP) is 3.30. The molecule has 0 amide bonds. The van der Waals surface area contributed by atoms with Crippen LogP contribution in [0, 0.1) is 11.8 Å². The minimum atomic E-state index is 0.729. The smallest absolute Gasteiger partial charge is 0.0724 e. The number of aromatic nitrogens is 1. The highest BCUT2D eigenvalue weighted by Crippen LogP contribution is 2.34. The van der Waals surface area contributed by atoms with E-state index in [9.17, 15) is 0 Å². The standard InChI is InChI=1S/C16H21N3/c1-11-8-12(2)10-19(9-11)15-6-5-14-13(16(15)17)4-3-7-18-14/h3-7,11-12H,8-10,17H2,1-2H3. The summed E-state index contributed by atoms with van der Waals surface area (Å²) >= 11 is 0. The summed E-state index contributed by atoms with van der Waals surface area (Å²) in [6.07, 6.45) is 3.12. The first-order chi connectivity index (χ1) is 9.15. The van der Waals surface area contributed by atoms with E-state index < -0.39 is 0 Å². The Morgan fingerprint density at radius 1 is 1.16 bits per heavy atom. The lowest BCUT2D eigenvalue weighted by atomic mass is 9.91. The predicted molar refractivity (Wildman–Crippen MR) is 81.3 cm³/mol. The average Bonchev–Trinajstić information content (AvgIpc) is 2.38. The molecule has 0 spiro atoms. The Morgan fingerprint density at radius 2 is 1.89 bits per heavy atom. The van der Waals surface area contributed by atoms with Gasteiger partial charge in [0.1, 0.15) is 0 Å². The molecule has 1 saturated heterocycles. The molecule has 2 atom stereocenters. The summed E-state index contributed by atoms with van der Waals surface area (Å²) < 4.78 is 0. The fourth-order valence-corrected chi connectivity index (χ4v) is 3.30. The Hall–Kier alpha value is -1.77. The van der Waals surface area contributed by atoms with Crippen molar-refractivity contribution in [1.29, 1.82) is 0 Å². The molecule has 1 aromatic carbocycles. The molecule has 0 bridgehead atoms. The topological polar surface area (TPSA) is 42.2 Å². The van der Waals surface area contributed by atoms with E-state index in [4.69, 9.17) is 5.73 Å². The highest BCUT2D eigenvalue weighted by Gasteiger charge is 2.23. The first kappa shape index (κ1) is 12.3. The second-order valence-electron chi connectivity index (χ2n) is 5.92. The Labute approximate surface area is 114 Å². The molecule has 3 rings (SSSR count). The van der Waals surface area contributed by atoms with Crippen LogP contribution in [0.5, 0.6) is 0 Å². The number of benzene rings is 1. The van der Waals surface area contributed by atoms with E-state index >= 15 is 0 Å². The average molecular weight is 255 g/mol. The molecule has 0 saturated carbocycles. The lowest BCUT2D eigenvalue weighted by Gasteiger charge is -2.37. The van der Waals surface area contributed by atoms with Gasteiger partial charge in [0.05, 0.1) is 16.9 Å². The van der Waals surface area contributed by atoms with Gasteiger partial charge in [-0.3, -0.25) is 4.98 Å². The van der Waals surface area contributed by atoms with E-state index in [1.807, 2.05) is 12.3 Å². The van der Waals surface area contributed by atoms with E-state index in [-0.39, 0.29) is 0 Å². The summed E-state index contributed by atoms with van der Waals surface area (Å²) in [7, 11) is 0. The van der Waals surface area contributed by atoms with Crippen molar-refractivity contribution in [2.75, 3.05) is 23.7 Å². The van der Waals surface area contributed by atoms with Crippen molar-refractivity contribution < 1.29 is 0 Å². The number of pyridine rings is 1. The summed E-state index contributed by atoms with van der Waals surface area (Å²) in [4.78, 5) is 6.79.